The molecule has 2 atom stereocenters. The number of amides is 1. The van der Waals surface area contributed by atoms with Crippen LogP contribution in [0.3, 0.4) is 0 Å². The van der Waals surface area contributed by atoms with E-state index in [0.29, 0.717) is 25.8 Å². The van der Waals surface area contributed by atoms with Crippen LogP contribution in [0.15, 0.2) is 0 Å². The summed E-state index contributed by atoms with van der Waals surface area (Å²) in [5.74, 6) is -1.44. The number of carboxylic acid groups (broad SMARTS) is 1. The molecule has 0 saturated carbocycles. The summed E-state index contributed by atoms with van der Waals surface area (Å²) < 4.78 is 0. The second-order valence-corrected chi connectivity index (χ2v) is 5.96. The van der Waals surface area contributed by atoms with Crippen LogP contribution in [-0.2, 0) is 9.59 Å². The van der Waals surface area contributed by atoms with E-state index < -0.39 is 17.5 Å². The van der Waals surface area contributed by atoms with Crippen LogP contribution in [0.1, 0.15) is 59.3 Å². The molecule has 1 saturated heterocycles. The standard InChI is InChI=1S/C15H27NO4/c1-4-7-15(20,8-5-2)10-13(17)16-9-6-12(11(16)3)14(18)19/h11-12,20H,4-10H2,1-3H3,(H,18,19). The Morgan fingerprint density at radius 2 is 1.80 bits per heavy atom. The van der Waals surface area contributed by atoms with Gasteiger partial charge in [0.15, 0.2) is 0 Å². The molecule has 1 amide bonds. The molecule has 1 heterocycles. The van der Waals surface area contributed by atoms with Crippen molar-refractivity contribution in [3.63, 3.8) is 0 Å². The van der Waals surface area contributed by atoms with Gasteiger partial charge in [-0.1, -0.05) is 26.7 Å². The molecule has 5 nitrogen and oxygen atoms in total. The zero-order chi connectivity index (χ0) is 15.3. The topological polar surface area (TPSA) is 77.8 Å². The van der Waals surface area contributed by atoms with Crippen molar-refractivity contribution in [1.82, 2.24) is 4.90 Å². The molecule has 0 bridgehead atoms. The van der Waals surface area contributed by atoms with Gasteiger partial charge in [0.1, 0.15) is 0 Å². The molecule has 1 rings (SSSR count). The molecule has 5 heteroatoms. The normalized spacial score (nSPS) is 23.1. The Hall–Kier alpha value is -1.10. The molecule has 1 fully saturated rings. The SMILES string of the molecule is CCCC(O)(CCC)CC(=O)N1CCC(C(=O)O)C1C. The van der Waals surface area contributed by atoms with E-state index in [9.17, 15) is 14.7 Å². The van der Waals surface area contributed by atoms with E-state index in [0.717, 1.165) is 12.8 Å². The number of aliphatic hydroxyl groups is 1. The van der Waals surface area contributed by atoms with Crippen LogP contribution in [0.2, 0.25) is 0 Å². The zero-order valence-corrected chi connectivity index (χ0v) is 12.8. The summed E-state index contributed by atoms with van der Waals surface area (Å²) in [4.78, 5) is 25.1. The van der Waals surface area contributed by atoms with Gasteiger partial charge in [0.25, 0.3) is 0 Å². The number of carboxylic acids is 1. The maximum Gasteiger partial charge on any atom is 0.308 e. The van der Waals surface area contributed by atoms with Gasteiger partial charge in [0.05, 0.1) is 17.9 Å². The Balaban J connectivity index is 2.68. The second kappa shape index (κ2) is 7.07. The van der Waals surface area contributed by atoms with E-state index in [4.69, 9.17) is 5.11 Å². The summed E-state index contributed by atoms with van der Waals surface area (Å²) in [6, 6.07) is -0.285. The minimum Gasteiger partial charge on any atom is -0.481 e. The Morgan fingerprint density at radius 3 is 2.20 bits per heavy atom. The summed E-state index contributed by atoms with van der Waals surface area (Å²) >= 11 is 0. The molecule has 20 heavy (non-hydrogen) atoms. The van der Waals surface area contributed by atoms with Crippen LogP contribution in [-0.4, -0.2) is 45.2 Å². The quantitative estimate of drug-likeness (QED) is 0.750. The lowest BCUT2D eigenvalue weighted by atomic mass is 9.88. The van der Waals surface area contributed by atoms with Crippen molar-refractivity contribution in [2.45, 2.75) is 70.9 Å². The Kier molecular flexibility index (Phi) is 5.99. The number of aliphatic carboxylic acids is 1. The van der Waals surface area contributed by atoms with Gasteiger partial charge in [-0.25, -0.2) is 0 Å². The summed E-state index contributed by atoms with van der Waals surface area (Å²) in [5, 5.41) is 19.6. The van der Waals surface area contributed by atoms with Crippen LogP contribution < -0.4 is 0 Å². The Labute approximate surface area is 121 Å². The number of carbonyl (C=O) groups is 2. The van der Waals surface area contributed by atoms with Gasteiger partial charge in [-0.3, -0.25) is 9.59 Å². The monoisotopic (exact) mass is 285 g/mol. The highest BCUT2D eigenvalue weighted by Crippen LogP contribution is 2.29. The van der Waals surface area contributed by atoms with E-state index in [1.54, 1.807) is 11.8 Å². The number of nitrogens with zero attached hydrogens (tertiary/aromatic N) is 1. The highest BCUT2D eigenvalue weighted by molar-refractivity contribution is 5.80. The first kappa shape index (κ1) is 17.0. The van der Waals surface area contributed by atoms with Gasteiger partial charge in [0, 0.05) is 12.6 Å². The molecule has 1 aliphatic rings. The number of carbonyl (C=O) groups excluding carboxylic acids is 1. The molecule has 116 valence electrons. The Bertz CT molecular complexity index is 350. The average molecular weight is 285 g/mol. The maximum atomic E-state index is 12.4. The smallest absolute Gasteiger partial charge is 0.308 e. The first-order valence-electron chi connectivity index (χ1n) is 7.59. The van der Waals surface area contributed by atoms with Gasteiger partial charge >= 0.3 is 5.97 Å². The van der Waals surface area contributed by atoms with Gasteiger partial charge < -0.3 is 15.1 Å². The van der Waals surface area contributed by atoms with Crippen molar-refractivity contribution in [2.75, 3.05) is 6.54 Å². The number of hydrogen-bond donors (Lipinski definition) is 2. The van der Waals surface area contributed by atoms with Crippen molar-refractivity contribution < 1.29 is 19.8 Å². The number of hydrogen-bond acceptors (Lipinski definition) is 3. The molecule has 2 unspecified atom stereocenters. The fourth-order valence-corrected chi connectivity index (χ4v) is 3.24. The number of likely N-dealkylation sites (tertiary alicyclic amines) is 1. The van der Waals surface area contributed by atoms with Crippen molar-refractivity contribution in [2.24, 2.45) is 5.92 Å². The summed E-state index contributed by atoms with van der Waals surface area (Å²) in [5.41, 5.74) is -0.943. The molecule has 0 aliphatic carbocycles. The lowest BCUT2D eigenvalue weighted by molar-refractivity contribution is -0.143. The zero-order valence-electron chi connectivity index (χ0n) is 12.8. The predicted molar refractivity (Wildman–Crippen MR) is 76.3 cm³/mol. The van der Waals surface area contributed by atoms with Crippen molar-refractivity contribution in [3.8, 4) is 0 Å². The third-order valence-corrected chi connectivity index (χ3v) is 4.30. The molecular weight excluding hydrogens is 258 g/mol. The molecule has 2 N–H and O–H groups in total. The van der Waals surface area contributed by atoms with Gasteiger partial charge in [-0.15, -0.1) is 0 Å². The van der Waals surface area contributed by atoms with E-state index in [1.165, 1.54) is 0 Å². The second-order valence-electron chi connectivity index (χ2n) is 5.96. The first-order valence-corrected chi connectivity index (χ1v) is 7.59. The molecule has 0 aromatic heterocycles. The van der Waals surface area contributed by atoms with Crippen molar-refractivity contribution in [1.29, 1.82) is 0 Å². The lowest BCUT2D eigenvalue weighted by Gasteiger charge is -2.31. The van der Waals surface area contributed by atoms with Crippen molar-refractivity contribution in [3.05, 3.63) is 0 Å². The average Bonchev–Trinajstić information content (AvgIpc) is 2.71. The number of rotatable bonds is 7. The minimum absolute atomic E-state index is 0.103. The van der Waals surface area contributed by atoms with E-state index >= 15 is 0 Å². The summed E-state index contributed by atoms with van der Waals surface area (Å²) in [6.45, 7) is 6.24. The molecule has 0 aromatic carbocycles. The molecule has 0 radical (unpaired) electrons. The Morgan fingerprint density at radius 1 is 1.25 bits per heavy atom. The predicted octanol–water partition coefficient (Wildman–Crippen LogP) is 2.03. The van der Waals surface area contributed by atoms with Crippen molar-refractivity contribution >= 4 is 11.9 Å². The van der Waals surface area contributed by atoms with Crippen LogP contribution in [0.5, 0.6) is 0 Å². The van der Waals surface area contributed by atoms with Crippen LogP contribution in [0, 0.1) is 5.92 Å². The minimum atomic E-state index is -0.943. The summed E-state index contributed by atoms with van der Waals surface area (Å²) in [6.07, 6.45) is 3.48. The largest absolute Gasteiger partial charge is 0.481 e. The fraction of sp³-hybridized carbons (Fsp3) is 0.867. The van der Waals surface area contributed by atoms with Gasteiger partial charge in [-0.2, -0.15) is 0 Å². The third-order valence-electron chi connectivity index (χ3n) is 4.30. The van der Waals surface area contributed by atoms with Gasteiger partial charge in [-0.05, 0) is 26.2 Å². The molecule has 1 aliphatic heterocycles. The van der Waals surface area contributed by atoms with E-state index in [1.807, 2.05) is 13.8 Å². The molecular formula is C15H27NO4. The van der Waals surface area contributed by atoms with Crippen LogP contribution >= 0.6 is 0 Å². The van der Waals surface area contributed by atoms with E-state index in [-0.39, 0.29) is 18.4 Å². The molecule has 0 spiro atoms. The first-order chi connectivity index (χ1) is 9.34. The summed E-state index contributed by atoms with van der Waals surface area (Å²) in [7, 11) is 0. The van der Waals surface area contributed by atoms with Gasteiger partial charge in [0.2, 0.25) is 5.91 Å². The van der Waals surface area contributed by atoms with E-state index in [2.05, 4.69) is 0 Å². The lowest BCUT2D eigenvalue weighted by Crippen LogP contribution is -2.42. The van der Waals surface area contributed by atoms with Crippen LogP contribution in [0.4, 0.5) is 0 Å². The fourth-order valence-electron chi connectivity index (χ4n) is 3.24. The maximum absolute atomic E-state index is 12.4. The third kappa shape index (κ3) is 3.95. The van der Waals surface area contributed by atoms with Crippen LogP contribution in [0.25, 0.3) is 0 Å². The molecule has 0 aromatic rings. The highest BCUT2D eigenvalue weighted by atomic mass is 16.4. The highest BCUT2D eigenvalue weighted by Gasteiger charge is 2.40.